The highest BCUT2D eigenvalue weighted by Gasteiger charge is 2.43. The third-order valence-corrected chi connectivity index (χ3v) is 9.55. The molecule has 1 atom stereocenters. The van der Waals surface area contributed by atoms with Gasteiger partial charge in [0.25, 0.3) is 0 Å². The van der Waals surface area contributed by atoms with Gasteiger partial charge in [0.05, 0.1) is 5.69 Å². The predicted molar refractivity (Wildman–Crippen MR) is 205 cm³/mol. The van der Waals surface area contributed by atoms with Crippen molar-refractivity contribution in [3.8, 4) is 11.1 Å². The number of allylic oxidation sites excluding steroid dienone is 4. The summed E-state index contributed by atoms with van der Waals surface area (Å²) in [6, 6.07) is 57.3. The fraction of sp³-hybridized carbons (Fsp3) is 0.130. The molecule has 6 aromatic carbocycles. The summed E-state index contributed by atoms with van der Waals surface area (Å²) < 4.78 is 0. The van der Waals surface area contributed by atoms with Gasteiger partial charge in [-0.25, -0.2) is 0 Å². The fourth-order valence-electron chi connectivity index (χ4n) is 7.37. The minimum atomic E-state index is -0.347. The number of hydrogen-bond donors (Lipinski definition) is 0. The van der Waals surface area contributed by atoms with E-state index in [0.29, 0.717) is 0 Å². The minimum absolute atomic E-state index is 0.347. The Morgan fingerprint density at radius 1 is 0.521 bits per heavy atom. The molecule has 0 fully saturated rings. The molecule has 1 unspecified atom stereocenters. The summed E-state index contributed by atoms with van der Waals surface area (Å²) in [4.78, 5) is 4.91. The van der Waals surface area contributed by atoms with E-state index in [2.05, 4.69) is 193 Å². The van der Waals surface area contributed by atoms with Crippen molar-refractivity contribution >= 4 is 28.4 Å². The van der Waals surface area contributed by atoms with Crippen LogP contribution < -0.4 is 9.80 Å². The molecule has 0 aromatic heterocycles. The predicted octanol–water partition coefficient (Wildman–Crippen LogP) is 12.9. The molecule has 0 amide bonds. The van der Waals surface area contributed by atoms with Gasteiger partial charge >= 0.3 is 0 Å². The van der Waals surface area contributed by atoms with Crippen LogP contribution in [0.2, 0.25) is 0 Å². The summed E-state index contributed by atoms with van der Waals surface area (Å²) in [5, 5.41) is 0. The first-order chi connectivity index (χ1) is 23.7. The number of anilines is 5. The van der Waals surface area contributed by atoms with Crippen LogP contribution in [-0.4, -0.2) is 0 Å². The Bertz CT molecular complexity index is 2010. The van der Waals surface area contributed by atoms with Crippen LogP contribution in [0.1, 0.15) is 50.3 Å². The topological polar surface area (TPSA) is 6.48 Å². The van der Waals surface area contributed by atoms with Crippen LogP contribution in [0.3, 0.4) is 0 Å². The molecule has 2 aliphatic rings. The Morgan fingerprint density at radius 3 is 1.60 bits per heavy atom. The van der Waals surface area contributed by atoms with Gasteiger partial charge < -0.3 is 9.80 Å². The lowest BCUT2D eigenvalue weighted by atomic mass is 9.74. The largest absolute Gasteiger partial charge is 0.314 e. The van der Waals surface area contributed by atoms with Crippen molar-refractivity contribution in [3.63, 3.8) is 0 Å². The number of para-hydroxylation sites is 3. The first kappa shape index (κ1) is 31.0. The van der Waals surface area contributed by atoms with E-state index in [0.717, 1.165) is 29.9 Å². The molecule has 0 heterocycles. The smallest absolute Gasteiger partial charge is 0.0561 e. The van der Waals surface area contributed by atoms with Crippen LogP contribution in [0, 0.1) is 0 Å². The first-order valence-corrected chi connectivity index (χ1v) is 17.2. The molecule has 0 radical (unpaired) electrons. The number of fused-ring (bicyclic) bond motifs is 3. The molecule has 2 heteroatoms. The summed E-state index contributed by atoms with van der Waals surface area (Å²) in [5.41, 5.74) is 13.2. The van der Waals surface area contributed by atoms with Crippen LogP contribution in [0.4, 0.5) is 28.4 Å². The Labute approximate surface area is 286 Å². The van der Waals surface area contributed by atoms with Gasteiger partial charge in [-0.1, -0.05) is 135 Å². The zero-order valence-electron chi connectivity index (χ0n) is 28.1. The van der Waals surface area contributed by atoms with E-state index >= 15 is 0 Å². The molecule has 2 nitrogen and oxygen atoms in total. The van der Waals surface area contributed by atoms with Gasteiger partial charge in [0.2, 0.25) is 0 Å². The third-order valence-electron chi connectivity index (χ3n) is 9.55. The maximum Gasteiger partial charge on any atom is 0.0561 e. The van der Waals surface area contributed by atoms with Crippen molar-refractivity contribution in [1.82, 2.24) is 0 Å². The maximum atomic E-state index is 2.51. The molecule has 8 rings (SSSR count). The van der Waals surface area contributed by atoms with Crippen LogP contribution >= 0.6 is 0 Å². The van der Waals surface area contributed by atoms with E-state index in [4.69, 9.17) is 0 Å². The molecular formula is C46H42N2. The Balaban J connectivity index is 0.00000179. The average Bonchev–Trinajstić information content (AvgIpc) is 3.43. The quantitative estimate of drug-likeness (QED) is 0.175. The normalized spacial score (nSPS) is 15.8. The summed E-state index contributed by atoms with van der Waals surface area (Å²) in [5.74, 6) is 0. The molecule has 0 aliphatic heterocycles. The molecule has 2 aliphatic carbocycles. The molecule has 0 saturated heterocycles. The lowest BCUT2D eigenvalue weighted by Crippen LogP contribution is -2.24. The number of hydrogen-bond acceptors (Lipinski definition) is 2. The molecule has 0 bridgehead atoms. The Kier molecular flexibility index (Phi) is 8.81. The van der Waals surface area contributed by atoms with Gasteiger partial charge in [-0.15, -0.1) is 0 Å². The van der Waals surface area contributed by atoms with Crippen molar-refractivity contribution in [3.05, 3.63) is 198 Å². The monoisotopic (exact) mass is 622 g/mol. The van der Waals surface area contributed by atoms with Gasteiger partial charge in [0.15, 0.2) is 0 Å². The van der Waals surface area contributed by atoms with Crippen molar-refractivity contribution in [2.75, 3.05) is 9.80 Å². The fourth-order valence-corrected chi connectivity index (χ4v) is 7.37. The second kappa shape index (κ2) is 13.6. The van der Waals surface area contributed by atoms with Crippen LogP contribution in [0.25, 0.3) is 11.1 Å². The molecule has 0 spiro atoms. The lowest BCUT2D eigenvalue weighted by molar-refractivity contribution is 0.714. The van der Waals surface area contributed by atoms with Gasteiger partial charge in [0, 0.05) is 39.4 Å². The van der Waals surface area contributed by atoms with Crippen molar-refractivity contribution in [2.45, 2.75) is 39.0 Å². The molecule has 0 saturated carbocycles. The zero-order valence-corrected chi connectivity index (χ0v) is 28.1. The van der Waals surface area contributed by atoms with E-state index in [-0.39, 0.29) is 5.41 Å². The summed E-state index contributed by atoms with van der Waals surface area (Å²) in [7, 11) is 0. The molecule has 6 aromatic rings. The van der Waals surface area contributed by atoms with Crippen molar-refractivity contribution < 1.29 is 0 Å². The Hall–Kier alpha value is -5.60. The highest BCUT2D eigenvalue weighted by Crippen LogP contribution is 2.58. The zero-order chi connectivity index (χ0) is 32.9. The second-order valence-electron chi connectivity index (χ2n) is 12.2. The highest BCUT2D eigenvalue weighted by molar-refractivity contribution is 5.97. The van der Waals surface area contributed by atoms with E-state index in [9.17, 15) is 0 Å². The van der Waals surface area contributed by atoms with E-state index in [1.807, 2.05) is 13.8 Å². The summed E-state index contributed by atoms with van der Waals surface area (Å²) >= 11 is 0. The van der Waals surface area contributed by atoms with Crippen LogP contribution in [-0.2, 0) is 5.41 Å². The molecule has 0 N–H and O–H groups in total. The lowest BCUT2D eigenvalue weighted by Gasteiger charge is -2.35. The summed E-state index contributed by atoms with van der Waals surface area (Å²) in [6.07, 6.45) is 8.76. The minimum Gasteiger partial charge on any atom is -0.314 e. The maximum absolute atomic E-state index is 2.51. The third kappa shape index (κ3) is 5.44. The summed E-state index contributed by atoms with van der Waals surface area (Å²) in [6.45, 7) is 6.41. The molecular weight excluding hydrogens is 581 g/mol. The van der Waals surface area contributed by atoms with Gasteiger partial charge in [-0.2, -0.15) is 0 Å². The van der Waals surface area contributed by atoms with Gasteiger partial charge in [-0.05, 0) is 96.6 Å². The standard InChI is InChI=1S/C44H36N2.C2H6/c1-44(33-19-7-2-8-20-33)40-30-18-17-29-39(40)43-41(44)31-38(45(34-21-9-3-10-22-34)35-23-11-4-12-24-35)32-42(43)46(36-25-13-5-14-26-36)37-27-15-6-16-28-37;1-2/h2-15,17-27,29-32H,16,28H2,1H3;1-2H3. The SMILES string of the molecule is CC.CC1(c2ccccc2)c2ccccc2-c2c(N(C3=CC=CCC3)c3ccccc3)cc(N(c3ccccc3)c3ccccc3)cc21. The van der Waals surface area contributed by atoms with Gasteiger partial charge in [0.1, 0.15) is 0 Å². The Morgan fingerprint density at radius 2 is 1.04 bits per heavy atom. The van der Waals surface area contributed by atoms with E-state index < -0.39 is 0 Å². The molecule has 48 heavy (non-hydrogen) atoms. The molecule has 236 valence electrons. The van der Waals surface area contributed by atoms with Crippen molar-refractivity contribution in [1.29, 1.82) is 0 Å². The number of benzene rings is 6. The van der Waals surface area contributed by atoms with Crippen LogP contribution in [0.15, 0.2) is 182 Å². The second-order valence-corrected chi connectivity index (χ2v) is 12.2. The van der Waals surface area contributed by atoms with E-state index in [1.165, 1.54) is 44.9 Å². The number of rotatable bonds is 7. The van der Waals surface area contributed by atoms with E-state index in [1.54, 1.807) is 0 Å². The highest BCUT2D eigenvalue weighted by atomic mass is 15.2. The van der Waals surface area contributed by atoms with Crippen molar-refractivity contribution in [2.24, 2.45) is 0 Å². The first-order valence-electron chi connectivity index (χ1n) is 17.2. The van der Waals surface area contributed by atoms with Crippen LogP contribution in [0.5, 0.6) is 0 Å². The number of nitrogens with zero attached hydrogens (tertiary/aromatic N) is 2. The average molecular weight is 623 g/mol. The van der Waals surface area contributed by atoms with Gasteiger partial charge in [-0.3, -0.25) is 0 Å².